The van der Waals surface area contributed by atoms with Gasteiger partial charge < -0.3 is 10.2 Å². The Kier molecular flexibility index (Phi) is 4.95. The van der Waals surface area contributed by atoms with Crippen molar-refractivity contribution in [2.24, 2.45) is 0 Å². The van der Waals surface area contributed by atoms with Crippen molar-refractivity contribution in [3.05, 3.63) is 33.8 Å². The van der Waals surface area contributed by atoms with Crippen LogP contribution in [0.4, 0.5) is 4.39 Å². The van der Waals surface area contributed by atoms with Gasteiger partial charge in [0, 0.05) is 37.2 Å². The molecule has 94 valence electrons. The van der Waals surface area contributed by atoms with Crippen molar-refractivity contribution in [3.63, 3.8) is 0 Å². The van der Waals surface area contributed by atoms with Crippen molar-refractivity contribution in [1.29, 1.82) is 0 Å². The van der Waals surface area contributed by atoms with Crippen LogP contribution in [0.15, 0.2) is 22.7 Å². The highest BCUT2D eigenvalue weighted by Gasteiger charge is 2.09. The largest absolute Gasteiger partial charge is 0.314 e. The maximum absolute atomic E-state index is 12.5. The van der Waals surface area contributed by atoms with E-state index in [9.17, 15) is 4.39 Å². The Balaban J connectivity index is 1.87. The van der Waals surface area contributed by atoms with Gasteiger partial charge in [-0.25, -0.2) is 4.39 Å². The van der Waals surface area contributed by atoms with Crippen LogP contribution in [0.25, 0.3) is 0 Å². The Morgan fingerprint density at radius 2 is 2.06 bits per heavy atom. The lowest BCUT2D eigenvalue weighted by atomic mass is 10.1. The number of nitrogens with one attached hydrogen (secondary N) is 1. The number of halogens is 2. The first-order chi connectivity index (χ1) is 8.29. The molecule has 0 aliphatic carbocycles. The number of piperazine rings is 1. The van der Waals surface area contributed by atoms with Crippen molar-refractivity contribution in [2.45, 2.75) is 13.1 Å². The zero-order valence-corrected chi connectivity index (χ0v) is 11.5. The normalized spacial score (nSPS) is 17.3. The predicted molar refractivity (Wildman–Crippen MR) is 72.0 cm³/mol. The summed E-state index contributed by atoms with van der Waals surface area (Å²) < 4.78 is 13.4. The van der Waals surface area contributed by atoms with Gasteiger partial charge in [0.25, 0.3) is 0 Å². The van der Waals surface area contributed by atoms with E-state index in [0.29, 0.717) is 0 Å². The van der Waals surface area contributed by atoms with Crippen molar-refractivity contribution in [2.75, 3.05) is 32.7 Å². The molecule has 1 fully saturated rings. The van der Waals surface area contributed by atoms with E-state index in [1.807, 2.05) is 18.2 Å². The zero-order valence-electron chi connectivity index (χ0n) is 9.88. The summed E-state index contributed by atoms with van der Waals surface area (Å²) >= 11 is 3.41. The van der Waals surface area contributed by atoms with Crippen LogP contribution >= 0.6 is 15.9 Å². The summed E-state index contributed by atoms with van der Waals surface area (Å²) in [5.74, 6) is 0. The molecule has 1 heterocycles. The van der Waals surface area contributed by atoms with Crippen molar-refractivity contribution in [1.82, 2.24) is 10.2 Å². The zero-order chi connectivity index (χ0) is 12.1. The molecule has 0 bridgehead atoms. The van der Waals surface area contributed by atoms with Crippen molar-refractivity contribution >= 4 is 15.9 Å². The highest BCUT2D eigenvalue weighted by atomic mass is 79.9. The van der Waals surface area contributed by atoms with Crippen LogP contribution < -0.4 is 5.32 Å². The van der Waals surface area contributed by atoms with Gasteiger partial charge >= 0.3 is 0 Å². The number of rotatable bonds is 4. The molecule has 0 saturated carbocycles. The molecule has 1 N–H and O–H groups in total. The summed E-state index contributed by atoms with van der Waals surface area (Å²) in [6.07, 6.45) is 1.03. The highest BCUT2D eigenvalue weighted by Crippen LogP contribution is 2.20. The van der Waals surface area contributed by atoms with Crippen LogP contribution in [0.1, 0.15) is 11.1 Å². The second-order valence-electron chi connectivity index (χ2n) is 4.40. The molecular formula is C13H18BrFN2. The molecule has 1 aromatic rings. The third-order valence-electron chi connectivity index (χ3n) is 3.19. The molecule has 4 heteroatoms. The molecule has 1 aliphatic rings. The second-order valence-corrected chi connectivity index (χ2v) is 5.26. The number of hydrogen-bond donors (Lipinski definition) is 1. The Labute approximate surface area is 110 Å². The number of nitrogens with zero attached hydrogens (tertiary/aromatic N) is 1. The summed E-state index contributed by atoms with van der Waals surface area (Å²) in [5, 5.41) is 3.35. The molecule has 2 nitrogen and oxygen atoms in total. The average Bonchev–Trinajstić information content (AvgIpc) is 2.38. The smallest absolute Gasteiger partial charge is 0.116 e. The van der Waals surface area contributed by atoms with E-state index < -0.39 is 6.67 Å². The van der Waals surface area contributed by atoms with Crippen molar-refractivity contribution in [3.8, 4) is 0 Å². The molecule has 2 rings (SSSR count). The number of alkyl halides is 1. The molecule has 0 atom stereocenters. The Bertz CT molecular complexity index is 364. The number of hydrogen-bond acceptors (Lipinski definition) is 2. The maximum atomic E-state index is 12.5. The molecule has 1 aromatic carbocycles. The summed E-state index contributed by atoms with van der Waals surface area (Å²) in [6, 6.07) is 5.94. The third kappa shape index (κ3) is 3.76. The first-order valence-electron chi connectivity index (χ1n) is 6.06. The highest BCUT2D eigenvalue weighted by molar-refractivity contribution is 9.10. The Morgan fingerprint density at radius 3 is 2.71 bits per heavy atom. The van der Waals surface area contributed by atoms with Crippen LogP contribution in [-0.2, 0) is 13.1 Å². The quantitative estimate of drug-likeness (QED) is 0.918. The van der Waals surface area contributed by atoms with E-state index in [0.717, 1.165) is 49.2 Å². The van der Waals surface area contributed by atoms with Gasteiger partial charge in [0.15, 0.2) is 0 Å². The van der Waals surface area contributed by atoms with Crippen LogP contribution in [0.5, 0.6) is 0 Å². The number of benzene rings is 1. The monoisotopic (exact) mass is 300 g/mol. The van der Waals surface area contributed by atoms with Gasteiger partial charge in [0.2, 0.25) is 0 Å². The van der Waals surface area contributed by atoms with Gasteiger partial charge in [-0.2, -0.15) is 0 Å². The minimum Gasteiger partial charge on any atom is -0.314 e. The minimum absolute atomic E-state index is 0.404. The summed E-state index contributed by atoms with van der Waals surface area (Å²) in [4.78, 5) is 2.47. The van der Waals surface area contributed by atoms with Gasteiger partial charge in [-0.1, -0.05) is 28.1 Å². The Morgan fingerprint density at radius 1 is 1.29 bits per heavy atom. The molecule has 17 heavy (non-hydrogen) atoms. The standard InChI is InChI=1S/C13H18BrFN2/c14-13-9-11(1-2-12(13)10-15)3-6-17-7-4-16-5-8-17/h1-2,9,16H,3-8,10H2. The van der Waals surface area contributed by atoms with Crippen LogP contribution in [-0.4, -0.2) is 37.6 Å². The summed E-state index contributed by atoms with van der Waals surface area (Å²) in [7, 11) is 0. The van der Waals surface area contributed by atoms with E-state index in [4.69, 9.17) is 0 Å². The van der Waals surface area contributed by atoms with E-state index in [2.05, 4.69) is 26.1 Å². The van der Waals surface area contributed by atoms with Gasteiger partial charge in [-0.15, -0.1) is 0 Å². The van der Waals surface area contributed by atoms with E-state index in [1.165, 1.54) is 5.56 Å². The molecule has 0 unspecified atom stereocenters. The molecule has 0 spiro atoms. The van der Waals surface area contributed by atoms with Gasteiger partial charge in [0.1, 0.15) is 6.67 Å². The molecule has 1 aliphatic heterocycles. The van der Waals surface area contributed by atoms with Crippen LogP contribution in [0.2, 0.25) is 0 Å². The third-order valence-corrected chi connectivity index (χ3v) is 3.93. The van der Waals surface area contributed by atoms with Crippen LogP contribution in [0.3, 0.4) is 0 Å². The predicted octanol–water partition coefficient (Wildman–Crippen LogP) is 2.37. The molecule has 1 saturated heterocycles. The minimum atomic E-state index is -0.404. The fourth-order valence-electron chi connectivity index (χ4n) is 2.08. The van der Waals surface area contributed by atoms with E-state index in [-0.39, 0.29) is 0 Å². The molecule has 0 amide bonds. The summed E-state index contributed by atoms with van der Waals surface area (Å²) in [6.45, 7) is 5.12. The molecular weight excluding hydrogens is 283 g/mol. The van der Waals surface area contributed by atoms with Gasteiger partial charge in [-0.3, -0.25) is 0 Å². The van der Waals surface area contributed by atoms with Crippen LogP contribution in [0, 0.1) is 0 Å². The first-order valence-corrected chi connectivity index (χ1v) is 6.85. The van der Waals surface area contributed by atoms with E-state index >= 15 is 0 Å². The topological polar surface area (TPSA) is 15.3 Å². The SMILES string of the molecule is FCc1ccc(CCN2CCNCC2)cc1Br. The van der Waals surface area contributed by atoms with E-state index in [1.54, 1.807) is 0 Å². The fourth-order valence-corrected chi connectivity index (χ4v) is 2.61. The van der Waals surface area contributed by atoms with Gasteiger partial charge in [-0.05, 0) is 23.6 Å². The fraction of sp³-hybridized carbons (Fsp3) is 0.538. The lowest BCUT2D eigenvalue weighted by molar-refractivity contribution is 0.244. The van der Waals surface area contributed by atoms with Crippen molar-refractivity contribution < 1.29 is 4.39 Å². The average molecular weight is 301 g/mol. The molecule has 0 radical (unpaired) electrons. The lowest BCUT2D eigenvalue weighted by Crippen LogP contribution is -2.44. The second kappa shape index (κ2) is 6.47. The molecule has 0 aromatic heterocycles. The first kappa shape index (κ1) is 13.0. The van der Waals surface area contributed by atoms with Gasteiger partial charge in [0.05, 0.1) is 0 Å². The summed E-state index contributed by atoms with van der Waals surface area (Å²) in [5.41, 5.74) is 2.00. The maximum Gasteiger partial charge on any atom is 0.116 e. The lowest BCUT2D eigenvalue weighted by Gasteiger charge is -2.27. The Hall–Kier alpha value is -0.450.